The lowest BCUT2D eigenvalue weighted by atomic mass is 10.1. The summed E-state index contributed by atoms with van der Waals surface area (Å²) in [6.07, 6.45) is 1.31. The van der Waals surface area contributed by atoms with E-state index < -0.39 is 37.5 Å². The highest BCUT2D eigenvalue weighted by Crippen LogP contribution is 2.32. The van der Waals surface area contributed by atoms with Gasteiger partial charge in [-0.15, -0.1) is 0 Å². The van der Waals surface area contributed by atoms with Crippen LogP contribution in [-0.2, 0) is 14.7 Å². The number of hydrogen-bond acceptors (Lipinski definition) is 4. The van der Waals surface area contributed by atoms with Gasteiger partial charge in [0.1, 0.15) is 17.2 Å². The summed E-state index contributed by atoms with van der Waals surface area (Å²) in [6, 6.07) is 3.08. The van der Waals surface area contributed by atoms with Gasteiger partial charge in [0.15, 0.2) is 5.03 Å². The average molecular weight is 301 g/mol. The van der Waals surface area contributed by atoms with Crippen LogP contribution in [0.2, 0.25) is 0 Å². The van der Waals surface area contributed by atoms with Crippen molar-refractivity contribution < 1.29 is 22.0 Å². The van der Waals surface area contributed by atoms with E-state index in [-0.39, 0.29) is 5.03 Å². The van der Waals surface area contributed by atoms with Gasteiger partial charge in [0, 0.05) is 0 Å². The van der Waals surface area contributed by atoms with Crippen molar-refractivity contribution in [3.05, 3.63) is 53.1 Å². The summed E-state index contributed by atoms with van der Waals surface area (Å²) in [5, 5.41) is -0.282. The lowest BCUT2D eigenvalue weighted by molar-refractivity contribution is -0.0129. The molecule has 0 aliphatic carbocycles. The van der Waals surface area contributed by atoms with Gasteiger partial charge < -0.3 is 0 Å². The Bertz CT molecular complexity index is 688. The van der Waals surface area contributed by atoms with Crippen molar-refractivity contribution in [2.75, 3.05) is 0 Å². The van der Waals surface area contributed by atoms with Crippen molar-refractivity contribution in [1.82, 2.24) is 5.48 Å². The molecular formula is C13H13F2NO3S. The predicted octanol–water partition coefficient (Wildman–Crippen LogP) is 2.51. The van der Waals surface area contributed by atoms with E-state index in [0.717, 1.165) is 18.2 Å². The van der Waals surface area contributed by atoms with Crippen LogP contribution < -0.4 is 5.48 Å². The van der Waals surface area contributed by atoms with Crippen LogP contribution in [0.3, 0.4) is 0 Å². The first-order valence-electron chi connectivity index (χ1n) is 5.70. The topological polar surface area (TPSA) is 55.4 Å². The Morgan fingerprint density at radius 2 is 1.85 bits per heavy atom. The summed E-state index contributed by atoms with van der Waals surface area (Å²) in [5.41, 5.74) is 0.741. The van der Waals surface area contributed by atoms with Crippen molar-refractivity contribution in [2.45, 2.75) is 19.4 Å². The zero-order chi connectivity index (χ0) is 15.1. The highest BCUT2D eigenvalue weighted by atomic mass is 32.2. The predicted molar refractivity (Wildman–Crippen MR) is 70.7 cm³/mol. The molecule has 0 saturated heterocycles. The van der Waals surface area contributed by atoms with E-state index in [1.165, 1.54) is 6.08 Å². The number of nitrogens with one attached hydrogen (secondary N) is 1. The highest BCUT2D eigenvalue weighted by molar-refractivity contribution is 8.04. The summed E-state index contributed by atoms with van der Waals surface area (Å²) < 4.78 is 51.8. The Labute approximate surface area is 115 Å². The second-order valence-electron chi connectivity index (χ2n) is 4.84. The van der Waals surface area contributed by atoms with Gasteiger partial charge in [0.2, 0.25) is 9.84 Å². The molecule has 1 aliphatic rings. The number of benzene rings is 1. The standard InChI is InChI=1S/C13H13F2NO3S/c1-8(12-9(14)5-4-6-10(12)15)20(17,18)11-7-13(2,3)19-16-11/h4-7,16H,1H2,2-3H3. The minimum Gasteiger partial charge on any atom is -0.265 e. The van der Waals surface area contributed by atoms with Gasteiger partial charge in [-0.3, -0.25) is 10.3 Å². The quantitative estimate of drug-likeness (QED) is 0.932. The summed E-state index contributed by atoms with van der Waals surface area (Å²) in [7, 11) is -4.16. The van der Waals surface area contributed by atoms with Gasteiger partial charge in [-0.05, 0) is 32.1 Å². The Hall–Kier alpha value is -1.73. The third-order valence-electron chi connectivity index (χ3n) is 2.75. The Kier molecular flexibility index (Phi) is 3.43. The third-order valence-corrected chi connectivity index (χ3v) is 4.38. The van der Waals surface area contributed by atoms with E-state index in [9.17, 15) is 17.2 Å². The first-order chi connectivity index (χ1) is 9.15. The molecule has 0 amide bonds. The van der Waals surface area contributed by atoms with Crippen LogP contribution in [0, 0.1) is 11.6 Å². The number of hydrogen-bond donors (Lipinski definition) is 1. The molecule has 0 aromatic heterocycles. The molecule has 0 radical (unpaired) electrons. The lowest BCUT2D eigenvalue weighted by Crippen LogP contribution is -2.22. The fourth-order valence-electron chi connectivity index (χ4n) is 1.72. The van der Waals surface area contributed by atoms with Gasteiger partial charge in [-0.1, -0.05) is 12.6 Å². The number of rotatable bonds is 3. The van der Waals surface area contributed by atoms with E-state index >= 15 is 0 Å². The second kappa shape index (κ2) is 4.68. The summed E-state index contributed by atoms with van der Waals surface area (Å²) >= 11 is 0. The van der Waals surface area contributed by atoms with Crippen LogP contribution in [0.4, 0.5) is 8.78 Å². The normalized spacial score (nSPS) is 17.5. The minimum atomic E-state index is -4.16. The molecule has 0 bridgehead atoms. The maximum atomic E-state index is 13.6. The molecule has 1 heterocycles. The molecule has 0 saturated carbocycles. The molecule has 2 rings (SSSR count). The fourth-order valence-corrected chi connectivity index (χ4v) is 3.04. The molecule has 0 spiro atoms. The van der Waals surface area contributed by atoms with Crippen molar-refractivity contribution in [3.8, 4) is 0 Å². The molecule has 1 aromatic rings. The lowest BCUT2D eigenvalue weighted by Gasteiger charge is -2.12. The SMILES string of the molecule is C=C(c1c(F)cccc1F)S(=O)(=O)C1=CC(C)(C)ON1. The van der Waals surface area contributed by atoms with Crippen LogP contribution in [-0.4, -0.2) is 14.0 Å². The van der Waals surface area contributed by atoms with E-state index in [4.69, 9.17) is 4.84 Å². The van der Waals surface area contributed by atoms with Gasteiger partial charge in [0.25, 0.3) is 0 Å². The van der Waals surface area contributed by atoms with Crippen LogP contribution in [0.25, 0.3) is 4.91 Å². The Morgan fingerprint density at radius 3 is 2.30 bits per heavy atom. The Balaban J connectivity index is 2.49. The molecule has 1 aromatic carbocycles. The summed E-state index contributed by atoms with van der Waals surface area (Å²) in [5.74, 6) is -1.98. The zero-order valence-corrected chi connectivity index (χ0v) is 11.7. The number of hydroxylamine groups is 1. The van der Waals surface area contributed by atoms with Crippen molar-refractivity contribution in [3.63, 3.8) is 0 Å². The van der Waals surface area contributed by atoms with Gasteiger partial charge in [0.05, 0.1) is 10.5 Å². The van der Waals surface area contributed by atoms with E-state index in [0.29, 0.717) is 0 Å². The molecule has 1 aliphatic heterocycles. The molecular weight excluding hydrogens is 288 g/mol. The fraction of sp³-hybridized carbons (Fsp3) is 0.231. The van der Waals surface area contributed by atoms with Crippen molar-refractivity contribution >= 4 is 14.7 Å². The first kappa shape index (κ1) is 14.7. The maximum Gasteiger partial charge on any atom is 0.223 e. The van der Waals surface area contributed by atoms with E-state index in [1.54, 1.807) is 13.8 Å². The molecule has 108 valence electrons. The van der Waals surface area contributed by atoms with E-state index in [2.05, 4.69) is 12.1 Å². The highest BCUT2D eigenvalue weighted by Gasteiger charge is 2.34. The molecule has 0 atom stereocenters. The van der Waals surface area contributed by atoms with Gasteiger partial charge in [-0.25, -0.2) is 17.2 Å². The van der Waals surface area contributed by atoms with Crippen molar-refractivity contribution in [2.24, 2.45) is 0 Å². The van der Waals surface area contributed by atoms with Crippen LogP contribution >= 0.6 is 0 Å². The molecule has 0 unspecified atom stereocenters. The number of halogens is 2. The maximum absolute atomic E-state index is 13.6. The monoisotopic (exact) mass is 301 g/mol. The zero-order valence-electron chi connectivity index (χ0n) is 10.9. The molecule has 0 fully saturated rings. The Morgan fingerprint density at radius 1 is 1.30 bits per heavy atom. The van der Waals surface area contributed by atoms with Crippen LogP contribution in [0.1, 0.15) is 19.4 Å². The second-order valence-corrected chi connectivity index (χ2v) is 6.78. The largest absolute Gasteiger partial charge is 0.265 e. The number of sulfone groups is 1. The van der Waals surface area contributed by atoms with Crippen molar-refractivity contribution in [1.29, 1.82) is 0 Å². The third kappa shape index (κ3) is 2.46. The molecule has 4 nitrogen and oxygen atoms in total. The van der Waals surface area contributed by atoms with Gasteiger partial charge in [-0.2, -0.15) is 0 Å². The van der Waals surface area contributed by atoms with Gasteiger partial charge >= 0.3 is 0 Å². The molecule has 7 heteroatoms. The van der Waals surface area contributed by atoms with Crippen LogP contribution in [0.5, 0.6) is 0 Å². The average Bonchev–Trinajstić information content (AvgIpc) is 2.70. The van der Waals surface area contributed by atoms with Crippen LogP contribution in [0.15, 0.2) is 35.9 Å². The molecule has 1 N–H and O–H groups in total. The summed E-state index contributed by atoms with van der Waals surface area (Å²) in [4.78, 5) is 4.38. The smallest absolute Gasteiger partial charge is 0.223 e. The van der Waals surface area contributed by atoms with E-state index in [1.807, 2.05) is 0 Å². The summed E-state index contributed by atoms with van der Waals surface area (Å²) in [6.45, 7) is 6.57. The first-order valence-corrected chi connectivity index (χ1v) is 7.19. The molecule has 20 heavy (non-hydrogen) atoms. The minimum absolute atomic E-state index is 0.282.